The Morgan fingerprint density at radius 2 is 1.16 bits per heavy atom. The van der Waals surface area contributed by atoms with Crippen LogP contribution in [0.3, 0.4) is 0 Å². The highest BCUT2D eigenvalue weighted by atomic mass is 35.5. The van der Waals surface area contributed by atoms with Gasteiger partial charge in [0, 0.05) is 27.4 Å². The van der Waals surface area contributed by atoms with E-state index in [9.17, 15) is 10.1 Å². The van der Waals surface area contributed by atoms with Crippen LogP contribution in [0.2, 0.25) is 10.0 Å². The Kier molecular flexibility index (Phi) is 7.52. The number of aryl methyl sites for hydroxylation is 2. The molecule has 162 valence electrons. The molecule has 0 saturated carbocycles. The lowest BCUT2D eigenvalue weighted by Gasteiger charge is -2.05. The molecule has 0 heterocycles. The summed E-state index contributed by atoms with van der Waals surface area (Å²) in [6.07, 6.45) is 0. The van der Waals surface area contributed by atoms with Crippen LogP contribution in [-0.2, 0) is 0 Å². The molecular formula is C26H22Cl2N2O2. The summed E-state index contributed by atoms with van der Waals surface area (Å²) in [6.45, 7) is 3.72. The zero-order valence-corrected chi connectivity index (χ0v) is 19.2. The zero-order valence-electron chi connectivity index (χ0n) is 17.7. The molecule has 4 aromatic rings. The van der Waals surface area contributed by atoms with E-state index in [1.807, 2.05) is 61.5 Å². The summed E-state index contributed by atoms with van der Waals surface area (Å²) in [4.78, 5) is 10.5. The lowest BCUT2D eigenvalue weighted by molar-refractivity contribution is -0.385. The Morgan fingerprint density at radius 1 is 0.688 bits per heavy atom. The molecule has 0 spiro atoms. The SMILES string of the molecule is Cc1ccc(-c2cccc(Cl)c2)cc1N.Cc1ccc(-c2cccc(Cl)c2)cc1[N+](=O)[O-]. The highest BCUT2D eigenvalue weighted by Gasteiger charge is 2.11. The van der Waals surface area contributed by atoms with Crippen LogP contribution >= 0.6 is 23.2 Å². The average molecular weight is 465 g/mol. The summed E-state index contributed by atoms with van der Waals surface area (Å²) in [5, 5.41) is 12.2. The van der Waals surface area contributed by atoms with Crippen LogP contribution < -0.4 is 5.73 Å². The molecule has 4 rings (SSSR count). The molecule has 0 aliphatic rings. The maximum absolute atomic E-state index is 10.9. The first-order valence-corrected chi connectivity index (χ1v) is 10.6. The van der Waals surface area contributed by atoms with Gasteiger partial charge in [-0.3, -0.25) is 10.1 Å². The fourth-order valence-corrected chi connectivity index (χ4v) is 3.52. The van der Waals surface area contributed by atoms with Gasteiger partial charge in [-0.15, -0.1) is 0 Å². The molecule has 0 aliphatic heterocycles. The molecule has 6 heteroatoms. The van der Waals surface area contributed by atoms with Crippen molar-refractivity contribution in [3.05, 3.63) is 116 Å². The molecule has 0 saturated heterocycles. The fraction of sp³-hybridized carbons (Fsp3) is 0.0769. The number of hydrogen-bond acceptors (Lipinski definition) is 3. The minimum Gasteiger partial charge on any atom is -0.398 e. The predicted molar refractivity (Wildman–Crippen MR) is 134 cm³/mol. The van der Waals surface area contributed by atoms with Crippen LogP contribution in [0, 0.1) is 24.0 Å². The summed E-state index contributed by atoms with van der Waals surface area (Å²) in [5.74, 6) is 0. The zero-order chi connectivity index (χ0) is 23.3. The van der Waals surface area contributed by atoms with E-state index in [4.69, 9.17) is 28.9 Å². The summed E-state index contributed by atoms with van der Waals surface area (Å²) in [7, 11) is 0. The van der Waals surface area contributed by atoms with E-state index in [0.717, 1.165) is 38.5 Å². The van der Waals surface area contributed by atoms with E-state index >= 15 is 0 Å². The number of rotatable bonds is 3. The van der Waals surface area contributed by atoms with Crippen molar-refractivity contribution in [1.29, 1.82) is 0 Å². The number of nitro benzene ring substituents is 1. The maximum Gasteiger partial charge on any atom is 0.272 e. The van der Waals surface area contributed by atoms with Crippen molar-refractivity contribution in [2.75, 3.05) is 5.73 Å². The van der Waals surface area contributed by atoms with Gasteiger partial charge in [0.15, 0.2) is 0 Å². The lowest BCUT2D eigenvalue weighted by Crippen LogP contribution is -1.92. The molecule has 0 radical (unpaired) electrons. The largest absolute Gasteiger partial charge is 0.398 e. The summed E-state index contributed by atoms with van der Waals surface area (Å²) in [5.41, 5.74) is 12.4. The van der Waals surface area contributed by atoms with Gasteiger partial charge in [-0.05, 0) is 72.0 Å². The van der Waals surface area contributed by atoms with Crippen molar-refractivity contribution < 1.29 is 4.92 Å². The molecule has 0 aliphatic carbocycles. The van der Waals surface area contributed by atoms with Gasteiger partial charge in [-0.1, -0.05) is 71.7 Å². The maximum atomic E-state index is 10.9. The van der Waals surface area contributed by atoms with Crippen molar-refractivity contribution in [2.45, 2.75) is 13.8 Å². The van der Waals surface area contributed by atoms with Crippen LogP contribution in [-0.4, -0.2) is 4.92 Å². The van der Waals surface area contributed by atoms with Crippen molar-refractivity contribution in [3.63, 3.8) is 0 Å². The van der Waals surface area contributed by atoms with Crippen molar-refractivity contribution >= 4 is 34.6 Å². The lowest BCUT2D eigenvalue weighted by atomic mass is 10.0. The molecule has 0 unspecified atom stereocenters. The number of nitrogen functional groups attached to an aromatic ring is 1. The van der Waals surface area contributed by atoms with Gasteiger partial charge in [0.1, 0.15) is 0 Å². The number of benzene rings is 4. The van der Waals surface area contributed by atoms with Gasteiger partial charge in [-0.25, -0.2) is 0 Å². The Morgan fingerprint density at radius 3 is 1.62 bits per heavy atom. The molecule has 2 N–H and O–H groups in total. The third-order valence-corrected chi connectivity index (χ3v) is 5.47. The van der Waals surface area contributed by atoms with Crippen molar-refractivity contribution in [1.82, 2.24) is 0 Å². The fourth-order valence-electron chi connectivity index (χ4n) is 3.14. The van der Waals surface area contributed by atoms with E-state index in [2.05, 4.69) is 6.07 Å². The van der Waals surface area contributed by atoms with Crippen LogP contribution in [0.4, 0.5) is 11.4 Å². The summed E-state index contributed by atoms with van der Waals surface area (Å²) >= 11 is 11.8. The van der Waals surface area contributed by atoms with E-state index in [0.29, 0.717) is 10.6 Å². The molecule has 0 amide bonds. The van der Waals surface area contributed by atoms with Crippen molar-refractivity contribution in [2.24, 2.45) is 0 Å². The van der Waals surface area contributed by atoms with Gasteiger partial charge in [0.2, 0.25) is 0 Å². The number of halogens is 2. The molecule has 4 aromatic carbocycles. The first-order valence-electron chi connectivity index (χ1n) is 9.87. The molecular weight excluding hydrogens is 443 g/mol. The van der Waals surface area contributed by atoms with Crippen LogP contribution in [0.25, 0.3) is 22.3 Å². The third-order valence-electron chi connectivity index (χ3n) is 5.00. The van der Waals surface area contributed by atoms with E-state index < -0.39 is 0 Å². The van der Waals surface area contributed by atoms with Crippen LogP contribution in [0.5, 0.6) is 0 Å². The Bertz CT molecular complexity index is 1270. The van der Waals surface area contributed by atoms with Gasteiger partial charge >= 0.3 is 0 Å². The third kappa shape index (κ3) is 5.88. The van der Waals surface area contributed by atoms with Gasteiger partial charge in [0.25, 0.3) is 5.69 Å². The minimum absolute atomic E-state index is 0.127. The topological polar surface area (TPSA) is 69.2 Å². The van der Waals surface area contributed by atoms with E-state index in [1.165, 1.54) is 0 Å². The highest BCUT2D eigenvalue weighted by Crippen LogP contribution is 2.28. The molecule has 0 bridgehead atoms. The molecule has 4 nitrogen and oxygen atoms in total. The normalized spacial score (nSPS) is 10.2. The molecule has 32 heavy (non-hydrogen) atoms. The predicted octanol–water partition coefficient (Wildman–Crippen LogP) is 8.12. The molecule has 0 aromatic heterocycles. The van der Waals surface area contributed by atoms with Crippen LogP contribution in [0.15, 0.2) is 84.9 Å². The number of nitro groups is 1. The Labute approximate surface area is 197 Å². The second-order valence-electron chi connectivity index (χ2n) is 7.35. The average Bonchev–Trinajstić information content (AvgIpc) is 2.76. The van der Waals surface area contributed by atoms with Crippen molar-refractivity contribution in [3.8, 4) is 22.3 Å². The number of nitrogens with zero attached hydrogens (tertiary/aromatic N) is 1. The van der Waals surface area contributed by atoms with Gasteiger partial charge in [0.05, 0.1) is 4.92 Å². The second kappa shape index (κ2) is 10.3. The van der Waals surface area contributed by atoms with E-state index in [1.54, 1.807) is 31.2 Å². The standard InChI is InChI=1S/C13H10ClNO2.C13H12ClN/c1-9-5-6-11(8-13(9)15(16)17)10-3-2-4-12(14)7-10;1-9-5-6-11(8-13(9)15)10-3-2-4-12(14)7-10/h2-8H,1H3;2-8H,15H2,1H3. The molecule has 0 atom stereocenters. The molecule has 0 fully saturated rings. The van der Waals surface area contributed by atoms with Gasteiger partial charge < -0.3 is 5.73 Å². The monoisotopic (exact) mass is 464 g/mol. The first-order chi connectivity index (χ1) is 15.2. The first kappa shape index (κ1) is 23.3. The minimum atomic E-state index is -0.372. The second-order valence-corrected chi connectivity index (χ2v) is 8.22. The number of nitrogens with two attached hydrogens (primary N) is 1. The Hall–Kier alpha value is -3.34. The highest BCUT2D eigenvalue weighted by molar-refractivity contribution is 6.31. The quantitative estimate of drug-likeness (QED) is 0.189. The smallest absolute Gasteiger partial charge is 0.272 e. The van der Waals surface area contributed by atoms with Crippen LogP contribution in [0.1, 0.15) is 11.1 Å². The Balaban J connectivity index is 0.000000182. The van der Waals surface area contributed by atoms with Gasteiger partial charge in [-0.2, -0.15) is 0 Å². The van der Waals surface area contributed by atoms with E-state index in [-0.39, 0.29) is 10.6 Å². The summed E-state index contributed by atoms with van der Waals surface area (Å²) < 4.78 is 0. The number of anilines is 1. The summed E-state index contributed by atoms with van der Waals surface area (Å²) in [6, 6.07) is 26.2. The number of hydrogen-bond donors (Lipinski definition) is 1.